The normalized spacial score (nSPS) is 12.6. The van der Waals surface area contributed by atoms with Gasteiger partial charge in [-0.2, -0.15) is 0 Å². The molecule has 1 aromatic heterocycles. The van der Waals surface area contributed by atoms with Gasteiger partial charge in [0.15, 0.2) is 0 Å². The van der Waals surface area contributed by atoms with Crippen LogP contribution in [0.25, 0.3) is 10.6 Å². The zero-order valence-electron chi connectivity index (χ0n) is 16.9. The Balaban J connectivity index is 1.61. The van der Waals surface area contributed by atoms with Gasteiger partial charge in [-0.1, -0.05) is 92.3 Å². The number of ether oxygens (including phenoxy) is 1. The lowest BCUT2D eigenvalue weighted by atomic mass is 9.98. The highest BCUT2D eigenvalue weighted by Crippen LogP contribution is 2.26. The fourth-order valence-corrected chi connectivity index (χ4v) is 3.50. The van der Waals surface area contributed by atoms with Crippen molar-refractivity contribution in [3.05, 3.63) is 66.2 Å². The van der Waals surface area contributed by atoms with Crippen molar-refractivity contribution in [1.82, 2.24) is 15.5 Å². The summed E-state index contributed by atoms with van der Waals surface area (Å²) in [7, 11) is 0. The third-order valence-electron chi connectivity index (χ3n) is 4.66. The fraction of sp³-hybridized carbons (Fsp3) is 0.273. The lowest BCUT2D eigenvalue weighted by Gasteiger charge is -2.22. The summed E-state index contributed by atoms with van der Waals surface area (Å²) in [6, 6.07) is 18.2. The van der Waals surface area contributed by atoms with Crippen molar-refractivity contribution in [3.8, 4) is 10.6 Å². The number of aromatic nitrogens is 2. The highest BCUT2D eigenvalue weighted by molar-refractivity contribution is 7.18. The van der Waals surface area contributed by atoms with Crippen LogP contribution in [0.2, 0.25) is 0 Å². The number of rotatable bonds is 8. The molecule has 0 saturated heterocycles. The Bertz CT molecular complexity index is 963. The van der Waals surface area contributed by atoms with Crippen LogP contribution < -0.4 is 10.6 Å². The standard InChI is InChI=1S/C22H24N4O3S/c1-3-15(2)18(23-22(28)29-14-16-10-6-4-7-11-16)19(27)24-21-26-25-20(30-21)17-12-8-5-9-13-17/h4-13,15,18H,3,14H2,1-2H3,(H,23,28)(H,24,26,27)/t15-,18-/m0/s1. The molecule has 0 fully saturated rings. The third kappa shape index (κ3) is 5.87. The number of hydrogen-bond donors (Lipinski definition) is 2. The molecule has 156 valence electrons. The Labute approximate surface area is 179 Å². The van der Waals surface area contributed by atoms with E-state index >= 15 is 0 Å². The van der Waals surface area contributed by atoms with Gasteiger partial charge in [0.1, 0.15) is 17.7 Å². The molecule has 30 heavy (non-hydrogen) atoms. The summed E-state index contributed by atoms with van der Waals surface area (Å²) < 4.78 is 5.26. The van der Waals surface area contributed by atoms with E-state index in [1.807, 2.05) is 74.5 Å². The van der Waals surface area contributed by atoms with Gasteiger partial charge in [-0.15, -0.1) is 10.2 Å². The Morgan fingerprint density at radius 3 is 2.37 bits per heavy atom. The van der Waals surface area contributed by atoms with Gasteiger partial charge in [-0.3, -0.25) is 10.1 Å². The van der Waals surface area contributed by atoms with E-state index < -0.39 is 12.1 Å². The van der Waals surface area contributed by atoms with Gasteiger partial charge >= 0.3 is 6.09 Å². The molecule has 0 aliphatic rings. The maximum atomic E-state index is 12.8. The molecule has 3 rings (SSSR count). The molecule has 0 bridgehead atoms. The van der Waals surface area contributed by atoms with E-state index in [4.69, 9.17) is 4.74 Å². The van der Waals surface area contributed by atoms with Crippen molar-refractivity contribution < 1.29 is 14.3 Å². The summed E-state index contributed by atoms with van der Waals surface area (Å²) in [4.78, 5) is 25.1. The monoisotopic (exact) mass is 424 g/mol. The summed E-state index contributed by atoms with van der Waals surface area (Å²) in [5.41, 5.74) is 1.80. The maximum absolute atomic E-state index is 12.8. The van der Waals surface area contributed by atoms with Crippen molar-refractivity contribution in [3.63, 3.8) is 0 Å². The van der Waals surface area contributed by atoms with E-state index in [1.54, 1.807) is 0 Å². The molecule has 1 heterocycles. The first-order valence-corrected chi connectivity index (χ1v) is 10.6. The molecule has 7 nitrogen and oxygen atoms in total. The van der Waals surface area contributed by atoms with Crippen LogP contribution in [-0.4, -0.2) is 28.2 Å². The second-order valence-corrected chi connectivity index (χ2v) is 7.81. The molecule has 0 spiro atoms. The second-order valence-electron chi connectivity index (χ2n) is 6.84. The van der Waals surface area contributed by atoms with Crippen LogP contribution in [-0.2, 0) is 16.1 Å². The van der Waals surface area contributed by atoms with Crippen LogP contribution in [0.3, 0.4) is 0 Å². The van der Waals surface area contributed by atoms with Crippen LogP contribution in [0.4, 0.5) is 9.93 Å². The summed E-state index contributed by atoms with van der Waals surface area (Å²) in [5, 5.41) is 14.7. The van der Waals surface area contributed by atoms with Crippen molar-refractivity contribution in [2.75, 3.05) is 5.32 Å². The van der Waals surface area contributed by atoms with Crippen molar-refractivity contribution in [2.45, 2.75) is 32.9 Å². The predicted octanol–water partition coefficient (Wildman–Crippen LogP) is 4.48. The number of hydrogen-bond acceptors (Lipinski definition) is 6. The van der Waals surface area contributed by atoms with E-state index in [-0.39, 0.29) is 18.4 Å². The molecule has 8 heteroatoms. The minimum atomic E-state index is -0.748. The third-order valence-corrected chi connectivity index (χ3v) is 5.55. The number of carbonyl (C=O) groups is 2. The smallest absolute Gasteiger partial charge is 0.408 e. The topological polar surface area (TPSA) is 93.2 Å². The molecule has 2 aromatic carbocycles. The van der Waals surface area contributed by atoms with E-state index in [0.717, 1.165) is 11.1 Å². The van der Waals surface area contributed by atoms with Crippen LogP contribution in [0.15, 0.2) is 60.7 Å². The molecule has 2 N–H and O–H groups in total. The lowest BCUT2D eigenvalue weighted by Crippen LogP contribution is -2.47. The summed E-state index contributed by atoms with van der Waals surface area (Å²) >= 11 is 1.28. The average molecular weight is 425 g/mol. The van der Waals surface area contributed by atoms with Crippen molar-refractivity contribution in [2.24, 2.45) is 5.92 Å². The summed E-state index contributed by atoms with van der Waals surface area (Å²) in [6.45, 7) is 4.00. The maximum Gasteiger partial charge on any atom is 0.408 e. The molecule has 2 atom stereocenters. The fourth-order valence-electron chi connectivity index (χ4n) is 2.75. The van der Waals surface area contributed by atoms with Gasteiger partial charge in [0.2, 0.25) is 11.0 Å². The van der Waals surface area contributed by atoms with Crippen LogP contribution in [0.5, 0.6) is 0 Å². The number of alkyl carbamates (subject to hydrolysis) is 1. The molecule has 3 aromatic rings. The van der Waals surface area contributed by atoms with Gasteiger partial charge < -0.3 is 10.1 Å². The van der Waals surface area contributed by atoms with Crippen LogP contribution in [0, 0.1) is 5.92 Å². The van der Waals surface area contributed by atoms with E-state index in [0.29, 0.717) is 16.6 Å². The number of benzene rings is 2. The first kappa shape index (κ1) is 21.4. The largest absolute Gasteiger partial charge is 0.445 e. The average Bonchev–Trinajstić information content (AvgIpc) is 3.25. The van der Waals surface area contributed by atoms with Crippen LogP contribution >= 0.6 is 11.3 Å². The summed E-state index contributed by atoms with van der Waals surface area (Å²) in [5.74, 6) is -0.437. The number of nitrogens with one attached hydrogen (secondary N) is 2. The molecule has 0 radical (unpaired) electrons. The molecule has 0 aliphatic heterocycles. The first-order chi connectivity index (χ1) is 14.6. The van der Waals surface area contributed by atoms with Gasteiger partial charge in [0.05, 0.1) is 0 Å². The van der Waals surface area contributed by atoms with Gasteiger partial charge in [-0.05, 0) is 11.5 Å². The zero-order chi connectivity index (χ0) is 21.3. The predicted molar refractivity (Wildman–Crippen MR) is 117 cm³/mol. The van der Waals surface area contributed by atoms with Crippen molar-refractivity contribution >= 4 is 28.5 Å². The SMILES string of the molecule is CC[C@H](C)[C@H](NC(=O)OCc1ccccc1)C(=O)Nc1nnc(-c2ccccc2)s1. The number of carbonyl (C=O) groups excluding carboxylic acids is 2. The highest BCUT2D eigenvalue weighted by atomic mass is 32.1. The highest BCUT2D eigenvalue weighted by Gasteiger charge is 2.27. The molecule has 0 unspecified atom stereocenters. The molecule has 2 amide bonds. The number of anilines is 1. The minimum Gasteiger partial charge on any atom is -0.445 e. The summed E-state index contributed by atoms with van der Waals surface area (Å²) in [6.07, 6.45) is 0.0733. The Morgan fingerprint density at radius 2 is 1.70 bits per heavy atom. The molecular formula is C22H24N4O3S. The van der Waals surface area contributed by atoms with Gasteiger partial charge in [0.25, 0.3) is 0 Å². The molecule has 0 aliphatic carbocycles. The lowest BCUT2D eigenvalue weighted by molar-refractivity contribution is -0.119. The van der Waals surface area contributed by atoms with E-state index in [2.05, 4.69) is 20.8 Å². The van der Waals surface area contributed by atoms with Crippen LogP contribution in [0.1, 0.15) is 25.8 Å². The Kier molecular flexibility index (Phi) is 7.51. The second kappa shape index (κ2) is 10.5. The van der Waals surface area contributed by atoms with Gasteiger partial charge in [0, 0.05) is 5.56 Å². The minimum absolute atomic E-state index is 0.0872. The van der Waals surface area contributed by atoms with E-state index in [1.165, 1.54) is 11.3 Å². The Morgan fingerprint density at radius 1 is 1.03 bits per heavy atom. The number of nitrogens with zero attached hydrogens (tertiary/aromatic N) is 2. The molecular weight excluding hydrogens is 400 g/mol. The van der Waals surface area contributed by atoms with Gasteiger partial charge in [-0.25, -0.2) is 4.79 Å². The Hall–Kier alpha value is -3.26. The van der Waals surface area contributed by atoms with Crippen molar-refractivity contribution in [1.29, 1.82) is 0 Å². The first-order valence-electron chi connectivity index (χ1n) is 9.73. The quantitative estimate of drug-likeness (QED) is 0.556. The van der Waals surface area contributed by atoms with E-state index in [9.17, 15) is 9.59 Å². The number of amides is 2. The molecule has 0 saturated carbocycles. The zero-order valence-corrected chi connectivity index (χ0v) is 17.7.